The third-order valence-electron chi connectivity index (χ3n) is 2.79. The Morgan fingerprint density at radius 3 is 2.53 bits per heavy atom. The van der Waals surface area contributed by atoms with Crippen LogP contribution in [0, 0.1) is 23.0 Å². The molecule has 0 bridgehead atoms. The minimum atomic E-state index is -0.552. The van der Waals surface area contributed by atoms with Gasteiger partial charge < -0.3 is 5.32 Å². The minimum Gasteiger partial charge on any atom is -0.305 e. The number of nitriles is 1. The van der Waals surface area contributed by atoms with Crippen LogP contribution < -0.4 is 5.32 Å². The second-order valence-electron chi connectivity index (χ2n) is 4.12. The maximum atomic E-state index is 13.6. The molecule has 1 N–H and O–H groups in total. The summed E-state index contributed by atoms with van der Waals surface area (Å²) < 4.78 is 27.1. The molecule has 0 aliphatic carbocycles. The van der Waals surface area contributed by atoms with Gasteiger partial charge >= 0.3 is 0 Å². The summed E-state index contributed by atoms with van der Waals surface area (Å²) in [5.41, 5.74) is 0.0413. The zero-order valence-electron chi connectivity index (χ0n) is 10.3. The molecule has 0 fully saturated rings. The molecule has 19 heavy (non-hydrogen) atoms. The van der Waals surface area contributed by atoms with Crippen LogP contribution in [0.1, 0.15) is 28.3 Å². The van der Waals surface area contributed by atoms with E-state index < -0.39 is 17.7 Å². The molecule has 0 saturated heterocycles. The van der Waals surface area contributed by atoms with Gasteiger partial charge in [0.2, 0.25) is 0 Å². The zero-order chi connectivity index (χ0) is 13.8. The van der Waals surface area contributed by atoms with Crippen LogP contribution in [0.3, 0.4) is 0 Å². The van der Waals surface area contributed by atoms with Crippen LogP contribution in [0.4, 0.5) is 8.78 Å². The lowest BCUT2D eigenvalue weighted by Gasteiger charge is -2.15. The van der Waals surface area contributed by atoms with Crippen molar-refractivity contribution >= 4 is 11.3 Å². The molecule has 1 heterocycles. The first-order valence-corrected chi connectivity index (χ1v) is 6.59. The van der Waals surface area contributed by atoms with Crippen LogP contribution in [-0.4, -0.2) is 0 Å². The fourth-order valence-corrected chi connectivity index (χ4v) is 2.57. The van der Waals surface area contributed by atoms with E-state index in [0.717, 1.165) is 4.88 Å². The van der Waals surface area contributed by atoms with Crippen LogP contribution in [0.15, 0.2) is 30.3 Å². The topological polar surface area (TPSA) is 35.8 Å². The molecule has 0 aliphatic rings. The molecule has 0 aliphatic heterocycles. The number of hydrogen-bond acceptors (Lipinski definition) is 3. The van der Waals surface area contributed by atoms with Gasteiger partial charge in [0.15, 0.2) is 0 Å². The second-order valence-corrected chi connectivity index (χ2v) is 5.28. The van der Waals surface area contributed by atoms with Crippen molar-refractivity contribution in [2.75, 3.05) is 0 Å². The summed E-state index contributed by atoms with van der Waals surface area (Å²) in [6.45, 7) is 2.18. The summed E-state index contributed by atoms with van der Waals surface area (Å²) in [6, 6.07) is 9.02. The van der Waals surface area contributed by atoms with Gasteiger partial charge in [-0.25, -0.2) is 8.78 Å². The van der Waals surface area contributed by atoms with Crippen molar-refractivity contribution in [2.45, 2.75) is 19.5 Å². The van der Waals surface area contributed by atoms with Crippen LogP contribution in [0.5, 0.6) is 0 Å². The summed E-state index contributed by atoms with van der Waals surface area (Å²) in [5, 5.41) is 11.8. The first-order valence-electron chi connectivity index (χ1n) is 5.78. The fraction of sp³-hybridized carbons (Fsp3) is 0.214. The number of halogens is 2. The Hall–Kier alpha value is -1.77. The average Bonchev–Trinajstić information content (AvgIpc) is 2.84. The molecule has 1 atom stereocenters. The largest absolute Gasteiger partial charge is 0.305 e. The number of hydrogen-bond donors (Lipinski definition) is 1. The smallest absolute Gasteiger partial charge is 0.130 e. The summed E-state index contributed by atoms with van der Waals surface area (Å²) in [4.78, 5) is 1.58. The maximum absolute atomic E-state index is 13.6. The Balaban J connectivity index is 2.05. The first-order chi connectivity index (χ1) is 9.11. The molecule has 98 valence electrons. The molecule has 0 spiro atoms. The Morgan fingerprint density at radius 2 is 1.95 bits per heavy atom. The zero-order valence-corrected chi connectivity index (χ0v) is 11.1. The van der Waals surface area contributed by atoms with Gasteiger partial charge in [-0.05, 0) is 31.2 Å². The molecule has 1 aromatic heterocycles. The molecule has 2 nitrogen and oxygen atoms in total. The van der Waals surface area contributed by atoms with E-state index in [1.807, 2.05) is 6.07 Å². The second kappa shape index (κ2) is 5.91. The molecule has 5 heteroatoms. The summed E-state index contributed by atoms with van der Waals surface area (Å²) in [7, 11) is 0. The lowest BCUT2D eigenvalue weighted by molar-refractivity contribution is 0.489. The molecule has 2 aromatic rings. The summed E-state index contributed by atoms with van der Waals surface area (Å²) >= 11 is 1.37. The molecule has 1 unspecified atom stereocenters. The van der Waals surface area contributed by atoms with Crippen molar-refractivity contribution in [1.29, 1.82) is 5.26 Å². The van der Waals surface area contributed by atoms with Gasteiger partial charge in [-0.2, -0.15) is 5.26 Å². The lowest BCUT2D eigenvalue weighted by atomic mass is 10.1. The Morgan fingerprint density at radius 1 is 1.26 bits per heavy atom. The standard InChI is InChI=1S/C14H12F2N2S/c1-9(14-12(15)3-2-4-13(14)16)18-8-11-6-5-10(7-17)19-11/h2-6,9,18H,8H2,1H3. The van der Waals surface area contributed by atoms with E-state index in [2.05, 4.69) is 11.4 Å². The normalized spacial score (nSPS) is 12.1. The van der Waals surface area contributed by atoms with Crippen LogP contribution in [0.2, 0.25) is 0 Å². The van der Waals surface area contributed by atoms with Crippen molar-refractivity contribution in [1.82, 2.24) is 5.32 Å². The van der Waals surface area contributed by atoms with Crippen LogP contribution in [0.25, 0.3) is 0 Å². The number of nitrogens with zero attached hydrogens (tertiary/aromatic N) is 1. The predicted molar refractivity (Wildman–Crippen MR) is 70.6 cm³/mol. The highest BCUT2D eigenvalue weighted by molar-refractivity contribution is 7.12. The van der Waals surface area contributed by atoms with Gasteiger partial charge in [-0.1, -0.05) is 6.07 Å². The Bertz CT molecular complexity index is 596. The third-order valence-corrected chi connectivity index (χ3v) is 3.78. The molecule has 0 amide bonds. The highest BCUT2D eigenvalue weighted by atomic mass is 32.1. The van der Waals surface area contributed by atoms with Crippen LogP contribution >= 0.6 is 11.3 Å². The monoisotopic (exact) mass is 278 g/mol. The van der Waals surface area contributed by atoms with Crippen molar-refractivity contribution in [3.8, 4) is 6.07 Å². The lowest BCUT2D eigenvalue weighted by Crippen LogP contribution is -2.19. The van der Waals surface area contributed by atoms with Crippen molar-refractivity contribution in [2.24, 2.45) is 0 Å². The van der Waals surface area contributed by atoms with Gasteiger partial charge in [-0.3, -0.25) is 0 Å². The van der Waals surface area contributed by atoms with Crippen molar-refractivity contribution in [3.63, 3.8) is 0 Å². The van der Waals surface area contributed by atoms with E-state index in [-0.39, 0.29) is 5.56 Å². The number of rotatable bonds is 4. The quantitative estimate of drug-likeness (QED) is 0.924. The van der Waals surface area contributed by atoms with Gasteiger partial charge in [0.05, 0.1) is 0 Å². The van der Waals surface area contributed by atoms with E-state index in [0.29, 0.717) is 11.4 Å². The van der Waals surface area contributed by atoms with E-state index in [9.17, 15) is 8.78 Å². The highest BCUT2D eigenvalue weighted by Gasteiger charge is 2.15. The molecular weight excluding hydrogens is 266 g/mol. The van der Waals surface area contributed by atoms with E-state index >= 15 is 0 Å². The van der Waals surface area contributed by atoms with Gasteiger partial charge in [-0.15, -0.1) is 11.3 Å². The third kappa shape index (κ3) is 3.16. The SMILES string of the molecule is CC(NCc1ccc(C#N)s1)c1c(F)cccc1F. The number of benzene rings is 1. The van der Waals surface area contributed by atoms with E-state index in [4.69, 9.17) is 5.26 Å². The van der Waals surface area contributed by atoms with Crippen LogP contribution in [-0.2, 0) is 6.54 Å². The highest BCUT2D eigenvalue weighted by Crippen LogP contribution is 2.22. The Kier molecular flexibility index (Phi) is 4.25. The molecular formula is C14H12F2N2S. The van der Waals surface area contributed by atoms with Crippen molar-refractivity contribution in [3.05, 3.63) is 57.3 Å². The van der Waals surface area contributed by atoms with Crippen molar-refractivity contribution < 1.29 is 8.78 Å². The van der Waals surface area contributed by atoms with E-state index in [1.54, 1.807) is 13.0 Å². The van der Waals surface area contributed by atoms with Gasteiger partial charge in [0.25, 0.3) is 0 Å². The molecule has 0 radical (unpaired) electrons. The van der Waals surface area contributed by atoms with E-state index in [1.165, 1.54) is 29.5 Å². The predicted octanol–water partition coefficient (Wildman–Crippen LogP) is 3.75. The summed E-state index contributed by atoms with van der Waals surface area (Å²) in [5.74, 6) is -1.10. The Labute approximate surface area is 114 Å². The number of nitrogens with one attached hydrogen (secondary N) is 1. The summed E-state index contributed by atoms with van der Waals surface area (Å²) in [6.07, 6.45) is 0. The first kappa shape index (κ1) is 13.7. The van der Waals surface area contributed by atoms with Gasteiger partial charge in [0, 0.05) is 23.0 Å². The maximum Gasteiger partial charge on any atom is 0.130 e. The van der Waals surface area contributed by atoms with Gasteiger partial charge in [0.1, 0.15) is 22.6 Å². The number of thiophene rings is 1. The molecule has 2 rings (SSSR count). The average molecular weight is 278 g/mol. The minimum absolute atomic E-state index is 0.0413. The molecule has 1 aromatic carbocycles. The molecule has 0 saturated carbocycles. The fourth-order valence-electron chi connectivity index (χ4n) is 1.81.